The number of piperidine rings is 1. The molecule has 1 saturated heterocycles. The molecule has 3 rings (SSSR count). The highest BCUT2D eigenvalue weighted by Gasteiger charge is 2.57. The number of carbonyl (C=O) groups is 1. The van der Waals surface area contributed by atoms with Crippen LogP contribution in [0, 0.1) is 26.5 Å². The van der Waals surface area contributed by atoms with Crippen molar-refractivity contribution >= 4 is 34.2 Å². The monoisotopic (exact) mass is 392 g/mol. The van der Waals surface area contributed by atoms with Crippen molar-refractivity contribution in [3.8, 4) is 0 Å². The van der Waals surface area contributed by atoms with Gasteiger partial charge in [0.2, 0.25) is 5.91 Å². The average Bonchev–Trinajstić information content (AvgIpc) is 3.10. The van der Waals surface area contributed by atoms with Crippen molar-refractivity contribution in [2.45, 2.75) is 19.3 Å². The Morgan fingerprint density at radius 3 is 2.50 bits per heavy atom. The molecular weight excluding hydrogens is 377 g/mol. The molecule has 1 aromatic carbocycles. The van der Waals surface area contributed by atoms with Gasteiger partial charge in [0, 0.05) is 11.6 Å². The first-order valence-electron chi connectivity index (χ1n) is 6.68. The van der Waals surface area contributed by atoms with E-state index in [1.165, 1.54) is 12.1 Å². The quantitative estimate of drug-likeness (QED) is 0.601. The lowest BCUT2D eigenvalue weighted by molar-refractivity contribution is -0.118. The molecule has 1 aliphatic carbocycles. The van der Waals surface area contributed by atoms with Gasteiger partial charge in [-0.3, -0.25) is 4.79 Å². The van der Waals surface area contributed by atoms with Gasteiger partial charge in [-0.05, 0) is 72.5 Å². The summed E-state index contributed by atoms with van der Waals surface area (Å²) in [6, 6.07) is 2.33. The first kappa shape index (κ1) is 14.2. The van der Waals surface area contributed by atoms with Gasteiger partial charge in [-0.1, -0.05) is 0 Å². The van der Waals surface area contributed by atoms with Crippen LogP contribution in [0.1, 0.15) is 19.3 Å². The highest BCUT2D eigenvalue weighted by molar-refractivity contribution is 14.1. The molecule has 0 aromatic heterocycles. The van der Waals surface area contributed by atoms with E-state index in [1.54, 1.807) is 22.6 Å². The number of hydrogen-bond acceptors (Lipinski definition) is 2. The lowest BCUT2D eigenvalue weighted by Gasteiger charge is -2.23. The molecule has 1 unspecified atom stereocenters. The third-order valence-corrected chi connectivity index (χ3v) is 5.39. The molecule has 108 valence electrons. The molecule has 1 atom stereocenters. The Labute approximate surface area is 129 Å². The fourth-order valence-electron chi connectivity index (χ4n) is 3.05. The van der Waals surface area contributed by atoms with Crippen LogP contribution in [-0.4, -0.2) is 19.0 Å². The van der Waals surface area contributed by atoms with E-state index in [0.717, 1.165) is 32.4 Å². The van der Waals surface area contributed by atoms with Crippen LogP contribution in [0.4, 0.5) is 14.5 Å². The van der Waals surface area contributed by atoms with Crippen molar-refractivity contribution in [2.75, 3.05) is 18.4 Å². The maximum atomic E-state index is 13.4. The number of benzene rings is 1. The summed E-state index contributed by atoms with van der Waals surface area (Å²) >= 11 is 1.61. The number of hydrogen-bond donors (Lipinski definition) is 2. The lowest BCUT2D eigenvalue weighted by Crippen LogP contribution is -2.31. The van der Waals surface area contributed by atoms with Crippen molar-refractivity contribution in [1.82, 2.24) is 5.32 Å². The van der Waals surface area contributed by atoms with Crippen molar-refractivity contribution in [1.29, 1.82) is 0 Å². The fraction of sp³-hybridized carbons (Fsp3) is 0.500. The van der Waals surface area contributed by atoms with Crippen molar-refractivity contribution in [3.63, 3.8) is 0 Å². The number of nitrogens with one attached hydrogen (secondary N) is 2. The molecule has 1 heterocycles. The van der Waals surface area contributed by atoms with Crippen LogP contribution in [0.2, 0.25) is 0 Å². The molecule has 0 radical (unpaired) electrons. The Bertz CT molecular complexity index is 535. The first-order valence-corrected chi connectivity index (χ1v) is 7.76. The smallest absolute Gasteiger partial charge is 0.228 e. The number of rotatable bonds is 2. The summed E-state index contributed by atoms with van der Waals surface area (Å²) < 4.78 is 26.8. The highest BCUT2D eigenvalue weighted by Crippen LogP contribution is 2.58. The summed E-state index contributed by atoms with van der Waals surface area (Å²) in [7, 11) is 0. The summed E-state index contributed by atoms with van der Waals surface area (Å²) in [4.78, 5) is 12.2. The van der Waals surface area contributed by atoms with E-state index >= 15 is 0 Å². The number of halogens is 3. The molecule has 2 N–H and O–H groups in total. The Balaban J connectivity index is 1.68. The summed E-state index contributed by atoms with van der Waals surface area (Å²) in [6.07, 6.45) is 2.89. The molecule has 1 saturated carbocycles. The molecule has 6 heteroatoms. The van der Waals surface area contributed by atoms with E-state index in [4.69, 9.17) is 0 Å². The third kappa shape index (κ3) is 2.55. The van der Waals surface area contributed by atoms with Crippen LogP contribution in [0.25, 0.3) is 0 Å². The van der Waals surface area contributed by atoms with Crippen molar-refractivity contribution in [3.05, 3.63) is 27.3 Å². The van der Waals surface area contributed by atoms with Gasteiger partial charge in [0.05, 0.1) is 3.57 Å². The topological polar surface area (TPSA) is 41.1 Å². The molecular formula is C14H15F2IN2O. The minimum absolute atomic E-state index is 0.0185. The summed E-state index contributed by atoms with van der Waals surface area (Å²) in [5.74, 6) is -1.43. The maximum absolute atomic E-state index is 13.4. The maximum Gasteiger partial charge on any atom is 0.228 e. The second-order valence-electron chi connectivity index (χ2n) is 5.61. The molecule has 20 heavy (non-hydrogen) atoms. The standard InChI is InChI=1S/C14H15F2IN2O/c15-10-5-8(6-11(16)12(10)17)19-13(20)9-7-14(9)1-3-18-4-2-14/h5-6,9,18H,1-4,7H2,(H,19,20). The molecule has 1 spiro atoms. The van der Waals surface area contributed by atoms with Gasteiger partial charge in [-0.2, -0.15) is 0 Å². The van der Waals surface area contributed by atoms with E-state index in [0.29, 0.717) is 0 Å². The highest BCUT2D eigenvalue weighted by atomic mass is 127. The molecule has 2 aliphatic rings. The van der Waals surface area contributed by atoms with Crippen LogP contribution in [-0.2, 0) is 4.79 Å². The van der Waals surface area contributed by atoms with E-state index in [-0.39, 0.29) is 26.5 Å². The van der Waals surface area contributed by atoms with Crippen molar-refractivity contribution in [2.24, 2.45) is 11.3 Å². The van der Waals surface area contributed by atoms with E-state index < -0.39 is 11.6 Å². The van der Waals surface area contributed by atoms with E-state index in [9.17, 15) is 13.6 Å². The third-order valence-electron chi connectivity index (χ3n) is 4.36. The summed E-state index contributed by atoms with van der Waals surface area (Å²) in [5, 5.41) is 5.92. The Kier molecular flexibility index (Phi) is 3.70. The molecule has 1 aliphatic heterocycles. The minimum Gasteiger partial charge on any atom is -0.326 e. The molecule has 2 fully saturated rings. The second-order valence-corrected chi connectivity index (χ2v) is 6.69. The van der Waals surface area contributed by atoms with Gasteiger partial charge in [0.25, 0.3) is 0 Å². The van der Waals surface area contributed by atoms with Crippen LogP contribution >= 0.6 is 22.6 Å². The Morgan fingerprint density at radius 1 is 1.30 bits per heavy atom. The van der Waals surface area contributed by atoms with Crippen LogP contribution < -0.4 is 10.6 Å². The predicted molar refractivity (Wildman–Crippen MR) is 80.3 cm³/mol. The number of amides is 1. The van der Waals surface area contributed by atoms with Crippen molar-refractivity contribution < 1.29 is 13.6 Å². The number of carbonyl (C=O) groups excluding carboxylic acids is 1. The zero-order valence-electron chi connectivity index (χ0n) is 10.8. The molecule has 3 nitrogen and oxygen atoms in total. The normalized spacial score (nSPS) is 23.6. The van der Waals surface area contributed by atoms with Gasteiger partial charge in [-0.15, -0.1) is 0 Å². The predicted octanol–water partition coefficient (Wildman–Crippen LogP) is 2.90. The summed E-state index contributed by atoms with van der Waals surface area (Å²) in [6.45, 7) is 1.88. The fourth-order valence-corrected chi connectivity index (χ4v) is 3.36. The minimum atomic E-state index is -0.645. The van der Waals surface area contributed by atoms with Gasteiger partial charge >= 0.3 is 0 Å². The summed E-state index contributed by atoms with van der Waals surface area (Å²) in [5.41, 5.74) is 0.316. The Morgan fingerprint density at radius 2 is 1.90 bits per heavy atom. The van der Waals surface area contributed by atoms with Gasteiger partial charge in [0.15, 0.2) is 0 Å². The molecule has 1 aromatic rings. The number of anilines is 1. The van der Waals surface area contributed by atoms with Gasteiger partial charge < -0.3 is 10.6 Å². The van der Waals surface area contributed by atoms with Gasteiger partial charge in [0.1, 0.15) is 11.6 Å². The lowest BCUT2D eigenvalue weighted by atomic mass is 9.92. The molecule has 1 amide bonds. The SMILES string of the molecule is O=C(Nc1cc(F)c(I)c(F)c1)C1CC12CCNCC2. The van der Waals surface area contributed by atoms with Crippen LogP contribution in [0.5, 0.6) is 0 Å². The molecule has 0 bridgehead atoms. The second kappa shape index (κ2) is 5.22. The van der Waals surface area contributed by atoms with Gasteiger partial charge in [-0.25, -0.2) is 8.78 Å². The average molecular weight is 392 g/mol. The zero-order valence-corrected chi connectivity index (χ0v) is 13.0. The van der Waals surface area contributed by atoms with E-state index in [2.05, 4.69) is 10.6 Å². The largest absolute Gasteiger partial charge is 0.326 e. The zero-order chi connectivity index (χ0) is 14.3. The Hall–Kier alpha value is -0.760. The van der Waals surface area contributed by atoms with E-state index in [1.807, 2.05) is 0 Å². The van der Waals surface area contributed by atoms with Crippen LogP contribution in [0.3, 0.4) is 0 Å². The van der Waals surface area contributed by atoms with Crippen LogP contribution in [0.15, 0.2) is 12.1 Å². The first-order chi connectivity index (χ1) is 9.52.